The van der Waals surface area contributed by atoms with Crippen molar-refractivity contribution in [3.8, 4) is 0 Å². The van der Waals surface area contributed by atoms with Gasteiger partial charge in [-0.2, -0.15) is 0 Å². The van der Waals surface area contributed by atoms with Crippen molar-refractivity contribution in [2.75, 3.05) is 5.32 Å². The molecule has 0 bridgehead atoms. The topological polar surface area (TPSA) is 32.3 Å². The van der Waals surface area contributed by atoms with Gasteiger partial charge in [0.2, 0.25) is 0 Å². The second-order valence-electron chi connectivity index (χ2n) is 5.93. The lowest BCUT2D eigenvalue weighted by atomic mass is 9.65. The number of rotatable bonds is 2. The smallest absolute Gasteiger partial charge is 0.0875 e. The normalized spacial score (nSPS) is 35.8. The molecule has 0 aliphatic heterocycles. The van der Waals surface area contributed by atoms with E-state index in [0.29, 0.717) is 5.92 Å². The number of aliphatic hydroxyl groups is 1. The number of fused-ring (bicyclic) bond motifs is 1. The Morgan fingerprint density at radius 2 is 1.78 bits per heavy atom. The monoisotopic (exact) mass is 245 g/mol. The van der Waals surface area contributed by atoms with Gasteiger partial charge in [0.1, 0.15) is 0 Å². The summed E-state index contributed by atoms with van der Waals surface area (Å²) in [5, 5.41) is 14.6. The van der Waals surface area contributed by atoms with Gasteiger partial charge in [-0.25, -0.2) is 0 Å². The summed E-state index contributed by atoms with van der Waals surface area (Å²) >= 11 is 0. The maximum Gasteiger partial charge on any atom is 0.0875 e. The molecule has 0 aromatic heterocycles. The van der Waals surface area contributed by atoms with E-state index in [2.05, 4.69) is 17.4 Å². The van der Waals surface area contributed by atoms with Crippen molar-refractivity contribution >= 4 is 5.69 Å². The Hall–Kier alpha value is -1.02. The Bertz CT molecular complexity index is 389. The molecular weight excluding hydrogens is 222 g/mol. The summed E-state index contributed by atoms with van der Waals surface area (Å²) in [5.74, 6) is 0.515. The summed E-state index contributed by atoms with van der Waals surface area (Å²) in [6.45, 7) is 0. The number of benzene rings is 1. The Labute approximate surface area is 109 Å². The van der Waals surface area contributed by atoms with Gasteiger partial charge in [-0.1, -0.05) is 37.5 Å². The largest absolute Gasteiger partial charge is 0.387 e. The molecule has 1 unspecified atom stereocenters. The van der Waals surface area contributed by atoms with Gasteiger partial charge < -0.3 is 10.4 Å². The first-order valence-electron chi connectivity index (χ1n) is 7.33. The van der Waals surface area contributed by atoms with Crippen LogP contribution in [0.3, 0.4) is 0 Å². The van der Waals surface area contributed by atoms with E-state index in [-0.39, 0.29) is 6.04 Å². The Morgan fingerprint density at radius 3 is 2.61 bits per heavy atom. The molecule has 1 aromatic rings. The van der Waals surface area contributed by atoms with Gasteiger partial charge in [-0.15, -0.1) is 0 Å². The van der Waals surface area contributed by atoms with E-state index < -0.39 is 5.60 Å². The molecular formula is C16H23NO. The zero-order chi connectivity index (χ0) is 12.4. The molecule has 2 saturated carbocycles. The second kappa shape index (κ2) is 4.93. The molecule has 2 fully saturated rings. The Morgan fingerprint density at radius 1 is 1.00 bits per heavy atom. The van der Waals surface area contributed by atoms with Crippen molar-refractivity contribution in [1.82, 2.24) is 0 Å². The summed E-state index contributed by atoms with van der Waals surface area (Å²) < 4.78 is 0. The lowest BCUT2D eigenvalue weighted by Crippen LogP contribution is -2.56. The van der Waals surface area contributed by atoms with Gasteiger partial charge in [-0.05, 0) is 43.7 Å². The van der Waals surface area contributed by atoms with E-state index in [1.807, 2.05) is 18.2 Å². The van der Waals surface area contributed by atoms with Crippen LogP contribution in [0.4, 0.5) is 5.69 Å². The average Bonchev–Trinajstić information content (AvgIpc) is 2.41. The van der Waals surface area contributed by atoms with Crippen LogP contribution >= 0.6 is 0 Å². The Kier molecular flexibility index (Phi) is 3.29. The van der Waals surface area contributed by atoms with Crippen molar-refractivity contribution in [2.24, 2.45) is 5.92 Å². The van der Waals surface area contributed by atoms with Crippen LogP contribution in [0.25, 0.3) is 0 Å². The van der Waals surface area contributed by atoms with Crippen molar-refractivity contribution in [3.63, 3.8) is 0 Å². The standard InChI is InChI=1S/C16H23NO/c18-16-12-5-4-7-13(16)8-6-11-15(16)17-14-9-2-1-3-10-14/h1-3,9-10,13,15,17-18H,4-8,11-12H2/t13-,15?,16-/m1/s1. The van der Waals surface area contributed by atoms with Crippen LogP contribution in [0.1, 0.15) is 44.9 Å². The van der Waals surface area contributed by atoms with Crippen LogP contribution in [0.5, 0.6) is 0 Å². The van der Waals surface area contributed by atoms with Crippen molar-refractivity contribution in [3.05, 3.63) is 30.3 Å². The van der Waals surface area contributed by atoms with E-state index in [1.165, 1.54) is 32.1 Å². The molecule has 98 valence electrons. The maximum absolute atomic E-state index is 11.0. The molecule has 1 aromatic carbocycles. The maximum atomic E-state index is 11.0. The van der Waals surface area contributed by atoms with E-state index in [4.69, 9.17) is 0 Å². The lowest BCUT2D eigenvalue weighted by Gasteiger charge is -2.49. The van der Waals surface area contributed by atoms with Gasteiger partial charge in [0.05, 0.1) is 11.6 Å². The number of hydrogen-bond donors (Lipinski definition) is 2. The number of anilines is 1. The van der Waals surface area contributed by atoms with Crippen LogP contribution in [0.15, 0.2) is 30.3 Å². The van der Waals surface area contributed by atoms with Crippen molar-refractivity contribution in [1.29, 1.82) is 0 Å². The molecule has 2 heteroatoms. The highest BCUT2D eigenvalue weighted by Gasteiger charge is 2.47. The first-order valence-corrected chi connectivity index (χ1v) is 7.33. The first-order chi connectivity index (χ1) is 8.79. The average molecular weight is 245 g/mol. The number of para-hydroxylation sites is 1. The molecule has 18 heavy (non-hydrogen) atoms. The fourth-order valence-corrected chi connectivity index (χ4v) is 3.86. The number of hydrogen-bond acceptors (Lipinski definition) is 2. The molecule has 2 nitrogen and oxygen atoms in total. The third-order valence-corrected chi connectivity index (χ3v) is 4.85. The van der Waals surface area contributed by atoms with Crippen LogP contribution in [0, 0.1) is 5.92 Å². The predicted molar refractivity (Wildman–Crippen MR) is 74.6 cm³/mol. The zero-order valence-corrected chi connectivity index (χ0v) is 10.9. The third-order valence-electron chi connectivity index (χ3n) is 4.85. The summed E-state index contributed by atoms with van der Waals surface area (Å²) in [4.78, 5) is 0. The molecule has 2 N–H and O–H groups in total. The van der Waals surface area contributed by atoms with E-state index in [9.17, 15) is 5.11 Å². The molecule has 0 heterocycles. The minimum atomic E-state index is -0.466. The molecule has 3 atom stereocenters. The zero-order valence-electron chi connectivity index (χ0n) is 10.9. The first kappa shape index (κ1) is 12.0. The second-order valence-corrected chi connectivity index (χ2v) is 5.93. The quantitative estimate of drug-likeness (QED) is 0.835. The molecule has 2 aliphatic rings. The lowest BCUT2D eigenvalue weighted by molar-refractivity contribution is -0.0835. The van der Waals surface area contributed by atoms with E-state index in [0.717, 1.165) is 18.5 Å². The van der Waals surface area contributed by atoms with Gasteiger partial charge in [0, 0.05) is 5.69 Å². The SMILES string of the molecule is O[C@]12CCCC[C@@H]1CCCC2Nc1ccccc1. The fourth-order valence-electron chi connectivity index (χ4n) is 3.86. The molecule has 0 spiro atoms. The van der Waals surface area contributed by atoms with Crippen molar-refractivity contribution in [2.45, 2.75) is 56.6 Å². The minimum absolute atomic E-state index is 0.235. The van der Waals surface area contributed by atoms with Gasteiger partial charge in [0.15, 0.2) is 0 Å². The highest BCUT2D eigenvalue weighted by molar-refractivity contribution is 5.44. The van der Waals surface area contributed by atoms with Gasteiger partial charge in [0.25, 0.3) is 0 Å². The van der Waals surface area contributed by atoms with Crippen LogP contribution in [-0.2, 0) is 0 Å². The van der Waals surface area contributed by atoms with Crippen LogP contribution in [0.2, 0.25) is 0 Å². The highest BCUT2D eigenvalue weighted by Crippen LogP contribution is 2.44. The van der Waals surface area contributed by atoms with E-state index in [1.54, 1.807) is 0 Å². The summed E-state index contributed by atoms with van der Waals surface area (Å²) in [7, 11) is 0. The molecule has 3 rings (SSSR count). The summed E-state index contributed by atoms with van der Waals surface area (Å²) in [6.07, 6.45) is 8.22. The summed E-state index contributed by atoms with van der Waals surface area (Å²) in [5.41, 5.74) is 0.675. The van der Waals surface area contributed by atoms with E-state index >= 15 is 0 Å². The van der Waals surface area contributed by atoms with Gasteiger partial charge in [-0.3, -0.25) is 0 Å². The number of nitrogens with one attached hydrogen (secondary N) is 1. The predicted octanol–water partition coefficient (Wildman–Crippen LogP) is 3.57. The third kappa shape index (κ3) is 2.14. The molecule has 0 radical (unpaired) electrons. The van der Waals surface area contributed by atoms with Crippen LogP contribution in [-0.4, -0.2) is 16.7 Å². The molecule has 0 saturated heterocycles. The highest BCUT2D eigenvalue weighted by atomic mass is 16.3. The minimum Gasteiger partial charge on any atom is -0.387 e. The van der Waals surface area contributed by atoms with Crippen LogP contribution < -0.4 is 5.32 Å². The van der Waals surface area contributed by atoms with Crippen molar-refractivity contribution < 1.29 is 5.11 Å². The molecule has 0 amide bonds. The Balaban J connectivity index is 1.78. The van der Waals surface area contributed by atoms with Gasteiger partial charge >= 0.3 is 0 Å². The molecule has 2 aliphatic carbocycles. The fraction of sp³-hybridized carbons (Fsp3) is 0.625. The summed E-state index contributed by atoms with van der Waals surface area (Å²) in [6, 6.07) is 10.6.